The minimum Gasteiger partial charge on any atom is -0.394 e. The summed E-state index contributed by atoms with van der Waals surface area (Å²) in [5, 5.41) is 30.7. The van der Waals surface area contributed by atoms with Crippen LogP contribution in [0.2, 0.25) is 0 Å². The van der Waals surface area contributed by atoms with Gasteiger partial charge in [0.1, 0.15) is 6.10 Å². The Hall–Kier alpha value is -0.850. The van der Waals surface area contributed by atoms with Gasteiger partial charge in [0, 0.05) is 4.91 Å². The fourth-order valence-corrected chi connectivity index (χ4v) is 0.883. The van der Waals surface area contributed by atoms with E-state index in [1.165, 1.54) is 0 Å². The number of aliphatic hydroxyl groups is 3. The quantitative estimate of drug-likeness (QED) is 0.312. The highest BCUT2D eigenvalue weighted by Crippen LogP contribution is 2.07. The molecule has 0 aliphatic carbocycles. The largest absolute Gasteiger partial charge is 0.394 e. The molecule has 7 nitrogen and oxygen atoms in total. The van der Waals surface area contributed by atoms with Gasteiger partial charge in [-0.25, -0.2) is 0 Å². The smallest absolute Gasteiger partial charge is 0.107 e. The first-order chi connectivity index (χ1) is 7.02. The van der Waals surface area contributed by atoms with Crippen molar-refractivity contribution in [2.75, 3.05) is 13.2 Å². The second kappa shape index (κ2) is 7.44. The zero-order valence-corrected chi connectivity index (χ0v) is 8.82. The van der Waals surface area contributed by atoms with E-state index < -0.39 is 31.0 Å². The molecule has 0 fully saturated rings. The summed E-state index contributed by atoms with van der Waals surface area (Å²) in [7, 11) is 0. The molecule has 0 amide bonds. The highest BCUT2D eigenvalue weighted by Gasteiger charge is 2.22. The average Bonchev–Trinajstić information content (AvgIpc) is 2.21. The van der Waals surface area contributed by atoms with Gasteiger partial charge in [0.15, 0.2) is 0 Å². The summed E-state index contributed by atoms with van der Waals surface area (Å²) >= 11 is 0. The Bertz CT molecular complexity index is 218. The van der Waals surface area contributed by atoms with Gasteiger partial charge in [-0.1, -0.05) is 5.11 Å². The van der Waals surface area contributed by atoms with Crippen LogP contribution in [0, 0.1) is 0 Å². The summed E-state index contributed by atoms with van der Waals surface area (Å²) in [4.78, 5) is 2.49. The van der Waals surface area contributed by atoms with E-state index in [2.05, 4.69) is 10.0 Å². The van der Waals surface area contributed by atoms with Gasteiger partial charge in [-0.15, -0.1) is 0 Å². The lowest BCUT2D eigenvalue weighted by Gasteiger charge is -2.25. The summed E-state index contributed by atoms with van der Waals surface area (Å²) in [5.74, 6) is 0. The van der Waals surface area contributed by atoms with Gasteiger partial charge in [-0.3, -0.25) is 0 Å². The van der Waals surface area contributed by atoms with Crippen molar-refractivity contribution in [1.82, 2.24) is 0 Å². The lowest BCUT2D eigenvalue weighted by Crippen LogP contribution is -2.39. The number of aliphatic hydroxyl groups excluding tert-OH is 3. The third kappa shape index (κ3) is 5.56. The van der Waals surface area contributed by atoms with Crippen LogP contribution in [0.5, 0.6) is 0 Å². The molecule has 0 radical (unpaired) electrons. The third-order valence-corrected chi connectivity index (χ3v) is 2.01. The van der Waals surface area contributed by atoms with Crippen LogP contribution in [0.1, 0.15) is 13.8 Å². The molecule has 0 aromatic rings. The molecular weight excluding hydrogens is 202 g/mol. The lowest BCUT2D eigenvalue weighted by molar-refractivity contribution is -0.118. The Morgan fingerprint density at radius 1 is 1.40 bits per heavy atom. The van der Waals surface area contributed by atoms with Gasteiger partial charge in [0.05, 0.1) is 31.5 Å². The molecule has 0 bridgehead atoms. The maximum absolute atomic E-state index is 9.44. The molecule has 1 unspecified atom stereocenters. The Balaban J connectivity index is 4.16. The molecule has 0 aliphatic heterocycles. The van der Waals surface area contributed by atoms with Crippen molar-refractivity contribution in [3.8, 4) is 0 Å². The summed E-state index contributed by atoms with van der Waals surface area (Å²) in [6.07, 6.45) is -3.15. The van der Waals surface area contributed by atoms with E-state index in [0.717, 1.165) is 0 Å². The molecule has 0 heterocycles. The Morgan fingerprint density at radius 2 is 2.00 bits per heavy atom. The van der Waals surface area contributed by atoms with E-state index in [-0.39, 0.29) is 6.54 Å². The first-order valence-electron chi connectivity index (χ1n) is 4.66. The van der Waals surface area contributed by atoms with Crippen LogP contribution in [0.3, 0.4) is 0 Å². The van der Waals surface area contributed by atoms with Gasteiger partial charge in [0.25, 0.3) is 0 Å². The minimum atomic E-state index is -1.08. The summed E-state index contributed by atoms with van der Waals surface area (Å²) in [6, 6.07) is 0. The SMILES string of the molecule is C[C@H](O)[C@H](C)OC(CO)[C@@H](O)CN=[N+]=[N-]. The minimum absolute atomic E-state index is 0.172. The standard InChI is InChI=1S/C8H17N3O4/c1-5(13)6(2)15-8(4-12)7(14)3-10-11-9/h5-8,12-14H,3-4H2,1-2H3/t5-,6-,7-,8?/m0/s1. The number of azide groups is 1. The zero-order valence-electron chi connectivity index (χ0n) is 8.82. The molecule has 15 heavy (non-hydrogen) atoms. The first kappa shape index (κ1) is 14.2. The van der Waals surface area contributed by atoms with Crippen molar-refractivity contribution >= 4 is 0 Å². The van der Waals surface area contributed by atoms with E-state index in [9.17, 15) is 5.11 Å². The fraction of sp³-hybridized carbons (Fsp3) is 1.00. The zero-order chi connectivity index (χ0) is 11.8. The second-order valence-corrected chi connectivity index (χ2v) is 3.28. The molecule has 0 saturated carbocycles. The van der Waals surface area contributed by atoms with Crippen molar-refractivity contribution < 1.29 is 20.1 Å². The number of nitrogens with zero attached hydrogens (tertiary/aromatic N) is 3. The monoisotopic (exact) mass is 219 g/mol. The van der Waals surface area contributed by atoms with Gasteiger partial charge < -0.3 is 20.1 Å². The van der Waals surface area contributed by atoms with Crippen molar-refractivity contribution in [2.24, 2.45) is 5.11 Å². The molecule has 0 aliphatic rings. The van der Waals surface area contributed by atoms with E-state index in [1.54, 1.807) is 13.8 Å². The van der Waals surface area contributed by atoms with Crippen molar-refractivity contribution in [1.29, 1.82) is 0 Å². The summed E-state index contributed by atoms with van der Waals surface area (Å²) in [5.41, 5.74) is 8.04. The molecule has 4 atom stereocenters. The van der Waals surface area contributed by atoms with Crippen molar-refractivity contribution in [3.63, 3.8) is 0 Å². The van der Waals surface area contributed by atoms with Crippen LogP contribution >= 0.6 is 0 Å². The predicted octanol–water partition coefficient (Wildman–Crippen LogP) is -0.196. The number of hydrogen-bond acceptors (Lipinski definition) is 5. The summed E-state index contributed by atoms with van der Waals surface area (Å²) < 4.78 is 5.19. The van der Waals surface area contributed by atoms with E-state index in [0.29, 0.717) is 0 Å². The second-order valence-electron chi connectivity index (χ2n) is 3.28. The topological polar surface area (TPSA) is 119 Å². The number of rotatable bonds is 7. The van der Waals surface area contributed by atoms with Crippen LogP contribution in [0.25, 0.3) is 10.4 Å². The molecule has 0 saturated heterocycles. The maximum Gasteiger partial charge on any atom is 0.107 e. The van der Waals surface area contributed by atoms with E-state index >= 15 is 0 Å². The highest BCUT2D eigenvalue weighted by atomic mass is 16.5. The molecule has 0 aromatic carbocycles. The van der Waals surface area contributed by atoms with Crippen LogP contribution in [-0.4, -0.2) is 52.9 Å². The maximum atomic E-state index is 9.44. The van der Waals surface area contributed by atoms with Gasteiger partial charge in [-0.05, 0) is 19.4 Å². The molecule has 0 aromatic heterocycles. The Kier molecular flexibility index (Phi) is 7.02. The van der Waals surface area contributed by atoms with Gasteiger partial charge >= 0.3 is 0 Å². The number of hydrogen-bond donors (Lipinski definition) is 3. The number of ether oxygens (including phenoxy) is 1. The lowest BCUT2D eigenvalue weighted by atomic mass is 10.2. The summed E-state index contributed by atoms with van der Waals surface area (Å²) in [6.45, 7) is 2.58. The van der Waals surface area contributed by atoms with Crippen LogP contribution in [-0.2, 0) is 4.74 Å². The normalized spacial score (nSPS) is 18.7. The molecule has 88 valence electrons. The van der Waals surface area contributed by atoms with E-state index in [4.69, 9.17) is 20.5 Å². The van der Waals surface area contributed by atoms with Crippen LogP contribution < -0.4 is 0 Å². The highest BCUT2D eigenvalue weighted by molar-refractivity contribution is 4.73. The van der Waals surface area contributed by atoms with Crippen molar-refractivity contribution in [3.05, 3.63) is 10.4 Å². The first-order valence-corrected chi connectivity index (χ1v) is 4.66. The molecule has 7 heteroatoms. The van der Waals surface area contributed by atoms with E-state index in [1.807, 2.05) is 0 Å². The Morgan fingerprint density at radius 3 is 2.40 bits per heavy atom. The van der Waals surface area contributed by atoms with Crippen LogP contribution in [0.4, 0.5) is 0 Å². The molecule has 0 rings (SSSR count). The molecular formula is C8H17N3O4. The molecule has 3 N–H and O–H groups in total. The predicted molar refractivity (Wildman–Crippen MR) is 53.1 cm³/mol. The fourth-order valence-electron chi connectivity index (χ4n) is 0.883. The average molecular weight is 219 g/mol. The van der Waals surface area contributed by atoms with Crippen molar-refractivity contribution in [2.45, 2.75) is 38.3 Å². The third-order valence-electron chi connectivity index (χ3n) is 2.01. The van der Waals surface area contributed by atoms with Crippen LogP contribution in [0.15, 0.2) is 5.11 Å². The molecule has 0 spiro atoms. The van der Waals surface area contributed by atoms with Gasteiger partial charge in [0.2, 0.25) is 0 Å². The Labute approximate surface area is 87.9 Å². The van der Waals surface area contributed by atoms with Gasteiger partial charge in [-0.2, -0.15) is 0 Å².